The van der Waals surface area contributed by atoms with Gasteiger partial charge in [0, 0.05) is 13.1 Å². The van der Waals surface area contributed by atoms with E-state index in [4.69, 9.17) is 23.7 Å². The normalized spacial score (nSPS) is 22.2. The van der Waals surface area contributed by atoms with Crippen LogP contribution in [-0.4, -0.2) is 88.0 Å². The average Bonchev–Trinajstić information content (AvgIpc) is 3.66. The Morgan fingerprint density at radius 3 is 2.15 bits per heavy atom. The van der Waals surface area contributed by atoms with E-state index in [1.807, 2.05) is 74.5 Å². The zero-order valence-electron chi connectivity index (χ0n) is 26.9. The molecule has 2 saturated heterocycles. The number of alkyl carbamates (subject to hydrolysis) is 1. The van der Waals surface area contributed by atoms with Gasteiger partial charge in [0.15, 0.2) is 6.29 Å². The minimum absolute atomic E-state index is 0.0262. The minimum atomic E-state index is -3.98. The summed E-state index contributed by atoms with van der Waals surface area (Å²) in [6, 6.07) is 24.4. The number of amides is 1. The Kier molecular flexibility index (Phi) is 11.9. The molecule has 2 aliphatic heterocycles. The molecule has 0 radical (unpaired) electrons. The van der Waals surface area contributed by atoms with E-state index in [9.17, 15) is 18.3 Å². The molecule has 254 valence electrons. The summed E-state index contributed by atoms with van der Waals surface area (Å²) >= 11 is 0. The number of rotatable bonds is 15. The molecule has 2 fully saturated rings. The summed E-state index contributed by atoms with van der Waals surface area (Å²) in [6.45, 7) is 4.57. The summed E-state index contributed by atoms with van der Waals surface area (Å²) in [7, 11) is -2.47. The quantitative estimate of drug-likeness (QED) is 0.247. The Morgan fingerprint density at radius 2 is 1.53 bits per heavy atom. The fraction of sp³-hybridized carbons (Fsp3) is 0.457. The van der Waals surface area contributed by atoms with Crippen LogP contribution in [0.3, 0.4) is 0 Å². The Morgan fingerprint density at radius 1 is 0.915 bits per heavy atom. The topological polar surface area (TPSA) is 133 Å². The number of hydrogen-bond donors (Lipinski definition) is 2. The largest absolute Gasteiger partial charge is 0.497 e. The summed E-state index contributed by atoms with van der Waals surface area (Å²) in [5, 5.41) is 14.4. The van der Waals surface area contributed by atoms with Crippen LogP contribution in [0, 0.1) is 11.8 Å². The number of aliphatic hydroxyl groups is 1. The van der Waals surface area contributed by atoms with Crippen molar-refractivity contribution in [3.05, 3.63) is 96.1 Å². The maximum atomic E-state index is 13.7. The lowest BCUT2D eigenvalue weighted by Gasteiger charge is -2.31. The third-order valence-electron chi connectivity index (χ3n) is 8.31. The first-order valence-electron chi connectivity index (χ1n) is 15.9. The summed E-state index contributed by atoms with van der Waals surface area (Å²) < 4.78 is 57.5. The molecule has 2 aliphatic rings. The van der Waals surface area contributed by atoms with Gasteiger partial charge in [-0.25, -0.2) is 13.2 Å². The lowest BCUT2D eigenvalue weighted by atomic mass is 10.00. The number of methoxy groups -OCH3 is 1. The van der Waals surface area contributed by atoms with Crippen LogP contribution in [0.5, 0.6) is 5.75 Å². The fourth-order valence-electron chi connectivity index (χ4n) is 5.90. The van der Waals surface area contributed by atoms with E-state index in [-0.39, 0.29) is 49.0 Å². The highest BCUT2D eigenvalue weighted by atomic mass is 32.2. The van der Waals surface area contributed by atoms with E-state index in [2.05, 4.69) is 5.32 Å². The highest BCUT2D eigenvalue weighted by Crippen LogP contribution is 2.35. The first kappa shape index (κ1) is 34.8. The molecule has 2 heterocycles. The molecular formula is C35H44N2O9S. The van der Waals surface area contributed by atoms with E-state index in [1.54, 1.807) is 12.1 Å². The fourth-order valence-corrected chi connectivity index (χ4v) is 7.52. The number of benzene rings is 3. The van der Waals surface area contributed by atoms with Crippen LogP contribution in [0.1, 0.15) is 25.0 Å². The van der Waals surface area contributed by atoms with Crippen LogP contribution in [0.4, 0.5) is 4.79 Å². The smallest absolute Gasteiger partial charge is 0.407 e. The molecule has 11 nitrogen and oxygen atoms in total. The number of carbonyl (C=O) groups is 1. The van der Waals surface area contributed by atoms with Gasteiger partial charge in [-0.05, 0) is 47.7 Å². The zero-order valence-corrected chi connectivity index (χ0v) is 27.8. The van der Waals surface area contributed by atoms with E-state index >= 15 is 0 Å². The van der Waals surface area contributed by atoms with Crippen LogP contribution >= 0.6 is 0 Å². The minimum Gasteiger partial charge on any atom is -0.497 e. The number of fused-ring (bicyclic) bond motifs is 1. The van der Waals surface area contributed by atoms with Crippen LogP contribution < -0.4 is 10.1 Å². The first-order chi connectivity index (χ1) is 22.6. The summed E-state index contributed by atoms with van der Waals surface area (Å²) in [5.41, 5.74) is 1.87. The van der Waals surface area contributed by atoms with Crippen LogP contribution in [0.2, 0.25) is 0 Å². The maximum Gasteiger partial charge on any atom is 0.407 e. The molecule has 0 saturated carbocycles. The Hall–Kier alpha value is -3.52. The molecule has 6 atom stereocenters. The molecule has 2 N–H and O–H groups in total. The van der Waals surface area contributed by atoms with Gasteiger partial charge in [-0.2, -0.15) is 4.31 Å². The monoisotopic (exact) mass is 668 g/mol. The van der Waals surface area contributed by atoms with Gasteiger partial charge in [0.2, 0.25) is 10.0 Å². The number of carbonyl (C=O) groups excluding carboxylic acids is 1. The molecule has 12 heteroatoms. The Balaban J connectivity index is 1.28. The van der Waals surface area contributed by atoms with Gasteiger partial charge in [-0.15, -0.1) is 0 Å². The molecule has 3 aromatic rings. The average molecular weight is 669 g/mol. The second-order valence-corrected chi connectivity index (χ2v) is 14.2. The van der Waals surface area contributed by atoms with Gasteiger partial charge in [0.1, 0.15) is 11.9 Å². The van der Waals surface area contributed by atoms with E-state index in [0.717, 1.165) is 11.1 Å². The number of sulfonamides is 1. The van der Waals surface area contributed by atoms with Crippen molar-refractivity contribution >= 4 is 16.1 Å². The van der Waals surface area contributed by atoms with Crippen molar-refractivity contribution in [2.45, 2.75) is 62.4 Å². The third kappa shape index (κ3) is 9.10. The Bertz CT molecular complexity index is 1520. The zero-order chi connectivity index (χ0) is 33.4. The predicted octanol–water partition coefficient (Wildman–Crippen LogP) is 4.00. The van der Waals surface area contributed by atoms with Crippen LogP contribution in [-0.2, 0) is 42.0 Å². The van der Waals surface area contributed by atoms with E-state index in [1.165, 1.54) is 23.5 Å². The first-order valence-corrected chi connectivity index (χ1v) is 17.3. The van der Waals surface area contributed by atoms with E-state index < -0.39 is 40.7 Å². The molecule has 0 aliphatic carbocycles. The van der Waals surface area contributed by atoms with Gasteiger partial charge in [0.05, 0.1) is 56.0 Å². The van der Waals surface area contributed by atoms with Crippen molar-refractivity contribution in [3.63, 3.8) is 0 Å². The molecule has 5 rings (SSSR count). The van der Waals surface area contributed by atoms with Gasteiger partial charge >= 0.3 is 6.09 Å². The van der Waals surface area contributed by atoms with Gasteiger partial charge < -0.3 is 34.1 Å². The van der Waals surface area contributed by atoms with Crippen LogP contribution in [0.15, 0.2) is 89.8 Å². The van der Waals surface area contributed by atoms with Crippen molar-refractivity contribution in [3.8, 4) is 5.75 Å². The number of ether oxygens (including phenoxy) is 5. The van der Waals surface area contributed by atoms with Gasteiger partial charge in [0.25, 0.3) is 0 Å². The highest BCUT2D eigenvalue weighted by Gasteiger charge is 2.50. The standard InChI is InChI=1S/C35H44N2O9S/c1-24(2)19-37(47(40,41)28-16-14-27(42-3)15-17-28)20-30(38)29(18-25-10-6-4-7-11-25)36-35(39)46-32-23-45-34-33(32)31(22-44-34)43-21-26-12-8-5-9-13-26/h4-17,24,29-34,38H,18-23H2,1-3H3,(H,36,39)/t29-,30+,31+,32-,33-,34+/m0/s1. The number of nitrogens with one attached hydrogen (secondary N) is 1. The lowest BCUT2D eigenvalue weighted by molar-refractivity contribution is -0.0916. The SMILES string of the molecule is COc1ccc(S(=O)(=O)N(CC(C)C)C[C@@H](O)[C@H](Cc2ccccc2)NC(=O)O[C@H]2CO[C@H]3OC[C@@H](OCc4ccccc4)[C@H]32)cc1. The summed E-state index contributed by atoms with van der Waals surface area (Å²) in [5.74, 6) is 0.183. The van der Waals surface area contributed by atoms with Gasteiger partial charge in [-0.3, -0.25) is 0 Å². The Labute approximate surface area is 276 Å². The molecule has 3 aromatic carbocycles. The number of hydrogen-bond acceptors (Lipinski definition) is 9. The maximum absolute atomic E-state index is 13.7. The molecule has 0 spiro atoms. The van der Waals surface area contributed by atoms with Crippen molar-refractivity contribution in [2.75, 3.05) is 33.4 Å². The van der Waals surface area contributed by atoms with Gasteiger partial charge in [-0.1, -0.05) is 74.5 Å². The third-order valence-corrected chi connectivity index (χ3v) is 10.2. The molecule has 0 aromatic heterocycles. The van der Waals surface area contributed by atoms with E-state index in [0.29, 0.717) is 19.0 Å². The number of aliphatic hydroxyl groups excluding tert-OH is 1. The highest BCUT2D eigenvalue weighted by molar-refractivity contribution is 7.89. The van der Waals surface area contributed by atoms with Crippen LogP contribution in [0.25, 0.3) is 0 Å². The predicted molar refractivity (Wildman–Crippen MR) is 174 cm³/mol. The molecular weight excluding hydrogens is 624 g/mol. The van der Waals surface area contributed by atoms with Crippen molar-refractivity contribution in [2.24, 2.45) is 11.8 Å². The summed E-state index contributed by atoms with van der Waals surface area (Å²) in [4.78, 5) is 13.5. The second kappa shape index (κ2) is 16.1. The number of nitrogens with zero attached hydrogens (tertiary/aromatic N) is 1. The van der Waals surface area contributed by atoms with Crippen molar-refractivity contribution in [1.29, 1.82) is 0 Å². The lowest BCUT2D eigenvalue weighted by Crippen LogP contribution is -2.52. The molecule has 47 heavy (non-hydrogen) atoms. The molecule has 0 unspecified atom stereocenters. The molecule has 1 amide bonds. The van der Waals surface area contributed by atoms with Crippen molar-refractivity contribution in [1.82, 2.24) is 9.62 Å². The summed E-state index contributed by atoms with van der Waals surface area (Å²) in [6.07, 6.45) is -3.29. The molecule has 0 bridgehead atoms. The second-order valence-electron chi connectivity index (χ2n) is 12.3. The van der Waals surface area contributed by atoms with Crippen molar-refractivity contribution < 1.29 is 42.0 Å².